The third-order valence-electron chi connectivity index (χ3n) is 5.74. The minimum atomic E-state index is -0.365. The molecule has 0 bridgehead atoms. The Labute approximate surface area is 143 Å². The van der Waals surface area contributed by atoms with Crippen LogP contribution in [0.5, 0.6) is 0 Å². The standard InChI is InChI=1S/C20H26N2O2/c1-14-6-7-15(24-14)8-11-22-18-16-4-2-3-5-17(16)20(19(18)23)9-12-21-13-10-20/h2-7,18-19,21-23H,8-13H2,1H3/t18-,19+/m1/s1. The second-order valence-corrected chi connectivity index (χ2v) is 7.13. The fourth-order valence-corrected chi connectivity index (χ4v) is 4.50. The number of fused-ring (bicyclic) bond motifs is 2. The van der Waals surface area contributed by atoms with Crippen LogP contribution in [0.15, 0.2) is 40.8 Å². The first-order valence-corrected chi connectivity index (χ1v) is 8.98. The van der Waals surface area contributed by atoms with Crippen molar-refractivity contribution >= 4 is 0 Å². The lowest BCUT2D eigenvalue weighted by Gasteiger charge is -2.39. The summed E-state index contributed by atoms with van der Waals surface area (Å²) in [6.45, 7) is 4.72. The van der Waals surface area contributed by atoms with Crippen LogP contribution in [-0.4, -0.2) is 30.8 Å². The van der Waals surface area contributed by atoms with Crippen molar-refractivity contribution in [1.82, 2.24) is 10.6 Å². The average Bonchev–Trinajstić information content (AvgIpc) is 3.12. The first-order valence-electron chi connectivity index (χ1n) is 8.98. The molecule has 1 aliphatic heterocycles. The van der Waals surface area contributed by atoms with Crippen LogP contribution in [0.2, 0.25) is 0 Å². The van der Waals surface area contributed by atoms with E-state index < -0.39 is 0 Å². The van der Waals surface area contributed by atoms with E-state index in [1.807, 2.05) is 19.1 Å². The molecule has 2 heterocycles. The fourth-order valence-electron chi connectivity index (χ4n) is 4.50. The third kappa shape index (κ3) is 2.59. The van der Waals surface area contributed by atoms with Crippen molar-refractivity contribution in [2.75, 3.05) is 19.6 Å². The van der Waals surface area contributed by atoms with Crippen LogP contribution in [0, 0.1) is 6.92 Å². The number of benzene rings is 1. The summed E-state index contributed by atoms with van der Waals surface area (Å²) >= 11 is 0. The summed E-state index contributed by atoms with van der Waals surface area (Å²) in [4.78, 5) is 0. The van der Waals surface area contributed by atoms with Crippen molar-refractivity contribution in [2.45, 2.75) is 43.7 Å². The lowest BCUT2D eigenvalue weighted by atomic mass is 9.72. The number of aliphatic hydroxyl groups is 1. The van der Waals surface area contributed by atoms with Gasteiger partial charge in [-0.15, -0.1) is 0 Å². The number of hydrogen-bond donors (Lipinski definition) is 3. The zero-order valence-electron chi connectivity index (χ0n) is 14.2. The van der Waals surface area contributed by atoms with Crippen LogP contribution in [0.4, 0.5) is 0 Å². The van der Waals surface area contributed by atoms with Crippen LogP contribution in [0.1, 0.15) is 41.5 Å². The Morgan fingerprint density at radius 1 is 1.21 bits per heavy atom. The van der Waals surface area contributed by atoms with Crippen molar-refractivity contribution in [3.8, 4) is 0 Å². The van der Waals surface area contributed by atoms with Gasteiger partial charge in [0.05, 0.1) is 12.1 Å². The van der Waals surface area contributed by atoms with E-state index in [1.54, 1.807) is 0 Å². The largest absolute Gasteiger partial charge is 0.466 e. The van der Waals surface area contributed by atoms with E-state index in [1.165, 1.54) is 11.1 Å². The molecule has 1 aromatic heterocycles. The van der Waals surface area contributed by atoms with Gasteiger partial charge in [0.2, 0.25) is 0 Å². The normalized spacial score (nSPS) is 25.1. The topological polar surface area (TPSA) is 57.4 Å². The number of furan rings is 1. The molecule has 2 aromatic rings. The Hall–Kier alpha value is -1.62. The lowest BCUT2D eigenvalue weighted by Crippen LogP contribution is -2.48. The summed E-state index contributed by atoms with van der Waals surface area (Å²) in [7, 11) is 0. The molecule has 128 valence electrons. The molecule has 4 nitrogen and oxygen atoms in total. The molecular formula is C20H26N2O2. The fraction of sp³-hybridized carbons (Fsp3) is 0.500. The SMILES string of the molecule is Cc1ccc(CCN[C@@H]2c3ccccc3C3(CCNCC3)[C@H]2O)o1. The molecule has 0 amide bonds. The van der Waals surface area contributed by atoms with Gasteiger partial charge < -0.3 is 20.2 Å². The number of aryl methyl sites for hydroxylation is 1. The van der Waals surface area contributed by atoms with E-state index in [9.17, 15) is 5.11 Å². The number of nitrogens with one attached hydrogen (secondary N) is 2. The molecule has 2 atom stereocenters. The molecular weight excluding hydrogens is 300 g/mol. The number of hydrogen-bond acceptors (Lipinski definition) is 4. The maximum absolute atomic E-state index is 11.2. The highest BCUT2D eigenvalue weighted by Crippen LogP contribution is 2.49. The van der Waals surface area contributed by atoms with E-state index in [-0.39, 0.29) is 17.6 Å². The van der Waals surface area contributed by atoms with Gasteiger partial charge in [-0.05, 0) is 56.1 Å². The smallest absolute Gasteiger partial charge is 0.105 e. The van der Waals surface area contributed by atoms with Gasteiger partial charge in [-0.25, -0.2) is 0 Å². The molecule has 1 aliphatic carbocycles. The molecule has 4 rings (SSSR count). The van der Waals surface area contributed by atoms with Crippen molar-refractivity contribution in [1.29, 1.82) is 0 Å². The van der Waals surface area contributed by atoms with E-state index in [2.05, 4.69) is 34.9 Å². The van der Waals surface area contributed by atoms with Gasteiger partial charge in [-0.2, -0.15) is 0 Å². The van der Waals surface area contributed by atoms with Crippen LogP contribution < -0.4 is 10.6 Å². The minimum Gasteiger partial charge on any atom is -0.466 e. The minimum absolute atomic E-state index is 0.00959. The Balaban J connectivity index is 1.52. The predicted octanol–water partition coefficient (Wildman–Crippen LogP) is 2.46. The molecule has 0 unspecified atom stereocenters. The third-order valence-corrected chi connectivity index (χ3v) is 5.74. The number of aliphatic hydroxyl groups excluding tert-OH is 1. The van der Waals surface area contributed by atoms with Gasteiger partial charge in [0.25, 0.3) is 0 Å². The van der Waals surface area contributed by atoms with Crippen LogP contribution in [-0.2, 0) is 11.8 Å². The second kappa shape index (κ2) is 6.36. The zero-order valence-corrected chi connectivity index (χ0v) is 14.2. The molecule has 0 radical (unpaired) electrons. The van der Waals surface area contributed by atoms with Crippen LogP contribution >= 0.6 is 0 Å². The second-order valence-electron chi connectivity index (χ2n) is 7.13. The molecule has 3 N–H and O–H groups in total. The van der Waals surface area contributed by atoms with E-state index in [0.717, 1.165) is 50.4 Å². The Bertz CT molecular complexity index is 703. The van der Waals surface area contributed by atoms with Crippen molar-refractivity contribution < 1.29 is 9.52 Å². The summed E-state index contributed by atoms with van der Waals surface area (Å²) in [5.41, 5.74) is 2.51. The molecule has 24 heavy (non-hydrogen) atoms. The van der Waals surface area contributed by atoms with Gasteiger partial charge in [0.15, 0.2) is 0 Å². The first-order chi connectivity index (χ1) is 11.7. The summed E-state index contributed by atoms with van der Waals surface area (Å²) < 4.78 is 5.64. The Kier molecular flexibility index (Phi) is 4.21. The average molecular weight is 326 g/mol. The van der Waals surface area contributed by atoms with E-state index in [0.29, 0.717) is 0 Å². The molecule has 1 fully saturated rings. The van der Waals surface area contributed by atoms with Gasteiger partial charge in [0.1, 0.15) is 11.5 Å². The highest BCUT2D eigenvalue weighted by atomic mass is 16.3. The molecule has 4 heteroatoms. The lowest BCUT2D eigenvalue weighted by molar-refractivity contribution is 0.0444. The number of rotatable bonds is 4. The Morgan fingerprint density at radius 2 is 2.00 bits per heavy atom. The molecule has 0 saturated carbocycles. The maximum Gasteiger partial charge on any atom is 0.105 e. The first kappa shape index (κ1) is 15.9. The van der Waals surface area contributed by atoms with Crippen molar-refractivity contribution in [3.05, 3.63) is 59.0 Å². The highest BCUT2D eigenvalue weighted by Gasteiger charge is 2.51. The molecule has 1 saturated heterocycles. The number of piperidine rings is 1. The molecule has 1 spiro atoms. The summed E-state index contributed by atoms with van der Waals surface area (Å²) in [5.74, 6) is 1.95. The van der Waals surface area contributed by atoms with Crippen LogP contribution in [0.3, 0.4) is 0 Å². The highest BCUT2D eigenvalue weighted by molar-refractivity contribution is 5.45. The van der Waals surface area contributed by atoms with Gasteiger partial charge in [0, 0.05) is 18.4 Å². The summed E-state index contributed by atoms with van der Waals surface area (Å²) in [6.07, 6.45) is 2.48. The molecule has 1 aromatic carbocycles. The van der Waals surface area contributed by atoms with E-state index in [4.69, 9.17) is 4.42 Å². The zero-order chi connectivity index (χ0) is 16.6. The predicted molar refractivity (Wildman–Crippen MR) is 94.1 cm³/mol. The van der Waals surface area contributed by atoms with Crippen LogP contribution in [0.25, 0.3) is 0 Å². The maximum atomic E-state index is 11.2. The summed E-state index contributed by atoms with van der Waals surface area (Å²) in [5, 5.41) is 18.2. The quantitative estimate of drug-likeness (QED) is 0.808. The van der Waals surface area contributed by atoms with E-state index >= 15 is 0 Å². The van der Waals surface area contributed by atoms with Crippen molar-refractivity contribution in [2.24, 2.45) is 0 Å². The van der Waals surface area contributed by atoms with Gasteiger partial charge in [-0.3, -0.25) is 0 Å². The summed E-state index contributed by atoms with van der Waals surface area (Å²) in [6, 6.07) is 12.6. The van der Waals surface area contributed by atoms with Gasteiger partial charge >= 0.3 is 0 Å². The Morgan fingerprint density at radius 3 is 2.75 bits per heavy atom. The van der Waals surface area contributed by atoms with Crippen molar-refractivity contribution in [3.63, 3.8) is 0 Å². The van der Waals surface area contributed by atoms with Gasteiger partial charge in [-0.1, -0.05) is 24.3 Å². The monoisotopic (exact) mass is 326 g/mol. The molecule has 2 aliphatic rings.